The third-order valence-corrected chi connectivity index (χ3v) is 3.99. The Labute approximate surface area is 133 Å². The molecule has 0 fully saturated rings. The van der Waals surface area contributed by atoms with Gasteiger partial charge in [0.1, 0.15) is 0 Å². The second-order valence-corrected chi connectivity index (χ2v) is 5.91. The molecule has 1 aromatic carbocycles. The number of aliphatic hydroxyl groups is 1. The number of β-amino-alcohol motifs (C(OH)–C–C–N with tert-alkyl or cyclic N) is 1. The molecule has 0 aliphatic carbocycles. The summed E-state index contributed by atoms with van der Waals surface area (Å²) < 4.78 is 0. The molecule has 0 saturated carbocycles. The molecule has 4 N–H and O–H groups in total. The van der Waals surface area contributed by atoms with Crippen LogP contribution in [0, 0.1) is 0 Å². The summed E-state index contributed by atoms with van der Waals surface area (Å²) in [5.41, 5.74) is 8.57. The van der Waals surface area contributed by atoms with E-state index < -0.39 is 6.10 Å². The number of nitrogens with one attached hydrogen (secondary N) is 1. The number of aliphatic hydroxyl groups excluding tert-OH is 1. The Morgan fingerprint density at radius 2 is 2.18 bits per heavy atom. The summed E-state index contributed by atoms with van der Waals surface area (Å²) in [7, 11) is 0. The van der Waals surface area contributed by atoms with E-state index in [-0.39, 0.29) is 0 Å². The van der Waals surface area contributed by atoms with Crippen molar-refractivity contribution < 1.29 is 5.11 Å². The molecule has 1 aliphatic rings. The molecule has 0 spiro atoms. The van der Waals surface area contributed by atoms with E-state index in [0.717, 1.165) is 38.9 Å². The first-order valence-electron chi connectivity index (χ1n) is 8.20. The summed E-state index contributed by atoms with van der Waals surface area (Å²) in [5, 5.41) is 13.2. The predicted octanol–water partition coefficient (Wildman–Crippen LogP) is 1.11. The average Bonchev–Trinajstić information content (AvgIpc) is 2.53. The molecule has 1 aliphatic heterocycles. The fourth-order valence-corrected chi connectivity index (χ4v) is 2.72. The molecule has 1 heterocycles. The summed E-state index contributed by atoms with van der Waals surface area (Å²) in [6.45, 7) is 5.85. The van der Waals surface area contributed by atoms with Crippen LogP contribution in [0.2, 0.25) is 0 Å². The molecule has 0 radical (unpaired) electrons. The maximum absolute atomic E-state index is 10.1. The van der Waals surface area contributed by atoms with Crippen LogP contribution in [0.4, 0.5) is 0 Å². The van der Waals surface area contributed by atoms with Crippen molar-refractivity contribution in [2.45, 2.75) is 38.8 Å². The molecule has 1 atom stereocenters. The quantitative estimate of drug-likeness (QED) is 0.401. The van der Waals surface area contributed by atoms with Crippen molar-refractivity contribution >= 4 is 5.96 Å². The number of hydrogen-bond donors (Lipinski definition) is 3. The number of rotatable bonds is 7. The van der Waals surface area contributed by atoms with Crippen LogP contribution in [0.25, 0.3) is 0 Å². The first-order valence-corrected chi connectivity index (χ1v) is 8.20. The van der Waals surface area contributed by atoms with Gasteiger partial charge in [0, 0.05) is 26.2 Å². The van der Waals surface area contributed by atoms with Gasteiger partial charge in [0.05, 0.1) is 12.6 Å². The van der Waals surface area contributed by atoms with E-state index in [1.807, 2.05) is 0 Å². The van der Waals surface area contributed by atoms with Gasteiger partial charge in [-0.25, -0.2) is 0 Å². The molecule has 0 saturated heterocycles. The SMILES string of the molecule is CCCCNC(N)=NCC(O)CN1CCc2ccccc2C1. The molecule has 1 aromatic rings. The lowest BCUT2D eigenvalue weighted by atomic mass is 10.00. The summed E-state index contributed by atoms with van der Waals surface area (Å²) in [4.78, 5) is 6.49. The second-order valence-electron chi connectivity index (χ2n) is 5.91. The molecule has 122 valence electrons. The van der Waals surface area contributed by atoms with Gasteiger partial charge in [-0.15, -0.1) is 0 Å². The molecule has 2 rings (SSSR count). The first kappa shape index (κ1) is 16.8. The molecule has 0 bridgehead atoms. The van der Waals surface area contributed by atoms with Gasteiger partial charge in [0.15, 0.2) is 5.96 Å². The van der Waals surface area contributed by atoms with Crippen molar-refractivity contribution in [1.82, 2.24) is 10.2 Å². The Hall–Kier alpha value is -1.59. The molecular formula is C17H28N4O. The molecular weight excluding hydrogens is 276 g/mol. The van der Waals surface area contributed by atoms with Crippen LogP contribution in [-0.4, -0.2) is 48.2 Å². The zero-order valence-electron chi connectivity index (χ0n) is 13.5. The largest absolute Gasteiger partial charge is 0.390 e. The van der Waals surface area contributed by atoms with Crippen molar-refractivity contribution in [3.05, 3.63) is 35.4 Å². The average molecular weight is 304 g/mol. The van der Waals surface area contributed by atoms with E-state index in [4.69, 9.17) is 5.73 Å². The van der Waals surface area contributed by atoms with E-state index in [2.05, 4.69) is 46.4 Å². The standard InChI is InChI=1S/C17H28N4O/c1-2-3-9-19-17(18)20-11-16(22)13-21-10-8-14-6-4-5-7-15(14)12-21/h4-7,16,22H,2-3,8-13H2,1H3,(H3,18,19,20). The first-order chi connectivity index (χ1) is 10.7. The highest BCUT2D eigenvalue weighted by Gasteiger charge is 2.18. The van der Waals surface area contributed by atoms with Crippen molar-refractivity contribution in [2.24, 2.45) is 10.7 Å². The van der Waals surface area contributed by atoms with Gasteiger partial charge in [0.2, 0.25) is 0 Å². The van der Waals surface area contributed by atoms with Crippen LogP contribution in [0.1, 0.15) is 30.9 Å². The van der Waals surface area contributed by atoms with Crippen LogP contribution in [-0.2, 0) is 13.0 Å². The molecule has 5 heteroatoms. The van der Waals surface area contributed by atoms with Crippen LogP contribution < -0.4 is 11.1 Å². The number of benzene rings is 1. The topological polar surface area (TPSA) is 73.9 Å². The van der Waals surface area contributed by atoms with Gasteiger partial charge < -0.3 is 16.2 Å². The molecule has 1 unspecified atom stereocenters. The molecule has 22 heavy (non-hydrogen) atoms. The number of nitrogens with two attached hydrogens (primary N) is 1. The zero-order chi connectivity index (χ0) is 15.8. The second kappa shape index (κ2) is 8.76. The van der Waals surface area contributed by atoms with E-state index >= 15 is 0 Å². The fourth-order valence-electron chi connectivity index (χ4n) is 2.72. The summed E-state index contributed by atoms with van der Waals surface area (Å²) in [6, 6.07) is 8.52. The Kier molecular flexibility index (Phi) is 6.68. The number of fused-ring (bicyclic) bond motifs is 1. The number of hydrogen-bond acceptors (Lipinski definition) is 3. The molecule has 0 aromatic heterocycles. The van der Waals surface area contributed by atoms with Crippen molar-refractivity contribution in [3.63, 3.8) is 0 Å². The highest BCUT2D eigenvalue weighted by molar-refractivity contribution is 5.77. The van der Waals surface area contributed by atoms with Gasteiger partial charge in [-0.1, -0.05) is 37.6 Å². The van der Waals surface area contributed by atoms with Gasteiger partial charge >= 0.3 is 0 Å². The molecule has 0 amide bonds. The summed E-state index contributed by atoms with van der Waals surface area (Å²) >= 11 is 0. The highest BCUT2D eigenvalue weighted by atomic mass is 16.3. The van der Waals surface area contributed by atoms with E-state index in [1.54, 1.807) is 0 Å². The normalized spacial score (nSPS) is 17.1. The van der Waals surface area contributed by atoms with Crippen LogP contribution in [0.15, 0.2) is 29.3 Å². The number of unbranched alkanes of at least 4 members (excludes halogenated alkanes) is 1. The summed E-state index contributed by atoms with van der Waals surface area (Å²) in [5.74, 6) is 0.427. The van der Waals surface area contributed by atoms with E-state index in [9.17, 15) is 5.11 Å². The predicted molar refractivity (Wildman–Crippen MR) is 90.8 cm³/mol. The zero-order valence-corrected chi connectivity index (χ0v) is 13.5. The Bertz CT molecular complexity index is 489. The lowest BCUT2D eigenvalue weighted by Crippen LogP contribution is -2.39. The number of guanidine groups is 1. The van der Waals surface area contributed by atoms with Crippen LogP contribution in [0.5, 0.6) is 0 Å². The number of aliphatic imine (C=N–C) groups is 1. The fraction of sp³-hybridized carbons (Fsp3) is 0.588. The van der Waals surface area contributed by atoms with Crippen molar-refractivity contribution in [3.8, 4) is 0 Å². The smallest absolute Gasteiger partial charge is 0.188 e. The Balaban J connectivity index is 1.74. The third kappa shape index (κ3) is 5.31. The van der Waals surface area contributed by atoms with Crippen LogP contribution >= 0.6 is 0 Å². The minimum atomic E-state index is -0.475. The van der Waals surface area contributed by atoms with Crippen molar-refractivity contribution in [2.75, 3.05) is 26.2 Å². The summed E-state index contributed by atoms with van der Waals surface area (Å²) in [6.07, 6.45) is 2.77. The van der Waals surface area contributed by atoms with Crippen molar-refractivity contribution in [1.29, 1.82) is 0 Å². The maximum Gasteiger partial charge on any atom is 0.188 e. The lowest BCUT2D eigenvalue weighted by Gasteiger charge is -2.30. The Morgan fingerprint density at radius 1 is 1.41 bits per heavy atom. The Morgan fingerprint density at radius 3 is 2.95 bits per heavy atom. The molecule has 5 nitrogen and oxygen atoms in total. The van der Waals surface area contributed by atoms with Gasteiger partial charge in [0.25, 0.3) is 0 Å². The highest BCUT2D eigenvalue weighted by Crippen LogP contribution is 2.18. The van der Waals surface area contributed by atoms with E-state index in [1.165, 1.54) is 11.1 Å². The van der Waals surface area contributed by atoms with Crippen LogP contribution in [0.3, 0.4) is 0 Å². The third-order valence-electron chi connectivity index (χ3n) is 3.99. The van der Waals surface area contributed by atoms with Gasteiger partial charge in [-0.2, -0.15) is 0 Å². The van der Waals surface area contributed by atoms with Gasteiger partial charge in [-0.3, -0.25) is 9.89 Å². The van der Waals surface area contributed by atoms with E-state index in [0.29, 0.717) is 19.0 Å². The monoisotopic (exact) mass is 304 g/mol. The lowest BCUT2D eigenvalue weighted by molar-refractivity contribution is 0.112. The number of nitrogens with zero attached hydrogens (tertiary/aromatic N) is 2. The minimum absolute atomic E-state index is 0.350. The minimum Gasteiger partial charge on any atom is -0.390 e. The van der Waals surface area contributed by atoms with Gasteiger partial charge in [-0.05, 0) is 24.0 Å². The maximum atomic E-state index is 10.1.